The number of carbonyl (C=O) groups is 1. The van der Waals surface area contributed by atoms with E-state index < -0.39 is 5.97 Å². The van der Waals surface area contributed by atoms with Crippen LogP contribution in [0.3, 0.4) is 0 Å². The number of nitrogens with zero attached hydrogens (tertiary/aromatic N) is 1. The highest BCUT2D eigenvalue weighted by Gasteiger charge is 2.11. The van der Waals surface area contributed by atoms with Gasteiger partial charge in [-0.2, -0.15) is 0 Å². The minimum Gasteiger partial charge on any atom is -0.465 e. The van der Waals surface area contributed by atoms with E-state index in [1.54, 1.807) is 18.3 Å². The van der Waals surface area contributed by atoms with Crippen LogP contribution in [-0.4, -0.2) is 36.3 Å². The van der Waals surface area contributed by atoms with E-state index in [2.05, 4.69) is 15.0 Å². The van der Waals surface area contributed by atoms with Gasteiger partial charge in [0.2, 0.25) is 0 Å². The first kappa shape index (κ1) is 12.4. The van der Waals surface area contributed by atoms with E-state index in [9.17, 15) is 4.79 Å². The first-order valence-corrected chi connectivity index (χ1v) is 5.17. The highest BCUT2D eigenvalue weighted by atomic mass is 16.5. The number of aromatic nitrogens is 1. The van der Waals surface area contributed by atoms with Crippen LogP contribution in [0.25, 0.3) is 0 Å². The summed E-state index contributed by atoms with van der Waals surface area (Å²) < 4.78 is 4.65. The number of rotatable bonds is 6. The molecule has 16 heavy (non-hydrogen) atoms. The molecular weight excluding hydrogens is 208 g/mol. The standard InChI is InChI=1S/C11H16N2O3/c1-16-11(15)9-5-4-7-13-10(9)12-6-2-3-8-14/h4-5,7,14H,2-3,6,8H2,1H3,(H,12,13). The van der Waals surface area contributed by atoms with Gasteiger partial charge in [0.05, 0.1) is 7.11 Å². The van der Waals surface area contributed by atoms with Crippen molar-refractivity contribution in [2.75, 3.05) is 25.6 Å². The number of unbranched alkanes of at least 4 members (excludes halogenated alkanes) is 1. The predicted octanol–water partition coefficient (Wildman–Crippen LogP) is 1.05. The predicted molar refractivity (Wildman–Crippen MR) is 60.4 cm³/mol. The molecule has 0 spiro atoms. The van der Waals surface area contributed by atoms with Crippen LogP contribution in [-0.2, 0) is 4.74 Å². The molecule has 1 rings (SSSR count). The van der Waals surface area contributed by atoms with Crippen LogP contribution in [0.4, 0.5) is 5.82 Å². The summed E-state index contributed by atoms with van der Waals surface area (Å²) in [4.78, 5) is 15.5. The van der Waals surface area contributed by atoms with Crippen molar-refractivity contribution < 1.29 is 14.6 Å². The van der Waals surface area contributed by atoms with E-state index >= 15 is 0 Å². The molecule has 1 aromatic rings. The number of aliphatic hydroxyl groups excluding tert-OH is 1. The number of hydrogen-bond acceptors (Lipinski definition) is 5. The van der Waals surface area contributed by atoms with Crippen molar-refractivity contribution in [1.82, 2.24) is 4.98 Å². The Hall–Kier alpha value is -1.62. The maximum absolute atomic E-state index is 11.4. The molecule has 0 bridgehead atoms. The number of pyridine rings is 1. The van der Waals surface area contributed by atoms with Gasteiger partial charge in [0.25, 0.3) is 0 Å². The van der Waals surface area contributed by atoms with Crippen molar-refractivity contribution in [2.45, 2.75) is 12.8 Å². The summed E-state index contributed by atoms with van der Waals surface area (Å²) in [6, 6.07) is 3.35. The largest absolute Gasteiger partial charge is 0.465 e. The van der Waals surface area contributed by atoms with E-state index in [0.29, 0.717) is 17.9 Å². The van der Waals surface area contributed by atoms with Gasteiger partial charge in [-0.15, -0.1) is 0 Å². The molecule has 5 nitrogen and oxygen atoms in total. The summed E-state index contributed by atoms with van der Waals surface area (Å²) >= 11 is 0. The second kappa shape index (κ2) is 6.79. The third kappa shape index (κ3) is 3.51. The molecule has 1 aromatic heterocycles. The topological polar surface area (TPSA) is 71.5 Å². The van der Waals surface area contributed by atoms with Crippen LogP contribution in [0.1, 0.15) is 23.2 Å². The average molecular weight is 224 g/mol. The summed E-state index contributed by atoms with van der Waals surface area (Å²) in [5.41, 5.74) is 0.425. The molecule has 0 saturated carbocycles. The van der Waals surface area contributed by atoms with Crippen LogP contribution in [0.15, 0.2) is 18.3 Å². The molecule has 0 radical (unpaired) electrons. The van der Waals surface area contributed by atoms with Gasteiger partial charge >= 0.3 is 5.97 Å². The van der Waals surface area contributed by atoms with E-state index in [1.165, 1.54) is 7.11 Å². The molecule has 0 atom stereocenters. The SMILES string of the molecule is COC(=O)c1cccnc1NCCCCO. The van der Waals surface area contributed by atoms with Gasteiger partial charge in [-0.25, -0.2) is 9.78 Å². The second-order valence-electron chi connectivity index (χ2n) is 3.25. The molecule has 1 heterocycles. The van der Waals surface area contributed by atoms with Crippen molar-refractivity contribution in [2.24, 2.45) is 0 Å². The van der Waals surface area contributed by atoms with Crippen LogP contribution in [0.5, 0.6) is 0 Å². The molecule has 0 aliphatic carbocycles. The Bertz CT molecular complexity index is 342. The lowest BCUT2D eigenvalue weighted by Gasteiger charge is -2.08. The quantitative estimate of drug-likeness (QED) is 0.558. The zero-order valence-electron chi connectivity index (χ0n) is 9.27. The first-order valence-electron chi connectivity index (χ1n) is 5.17. The van der Waals surface area contributed by atoms with Gasteiger partial charge in [0.1, 0.15) is 11.4 Å². The summed E-state index contributed by atoms with van der Waals surface area (Å²) in [6.07, 6.45) is 3.17. The minimum atomic E-state index is -0.405. The van der Waals surface area contributed by atoms with Crippen molar-refractivity contribution in [1.29, 1.82) is 0 Å². The number of anilines is 1. The van der Waals surface area contributed by atoms with Crippen molar-refractivity contribution in [3.8, 4) is 0 Å². The molecule has 0 amide bonds. The van der Waals surface area contributed by atoms with E-state index in [4.69, 9.17) is 5.11 Å². The molecular formula is C11H16N2O3. The Morgan fingerprint density at radius 1 is 1.56 bits per heavy atom. The summed E-state index contributed by atoms with van der Waals surface area (Å²) in [5.74, 6) is 0.116. The van der Waals surface area contributed by atoms with Gasteiger partial charge in [-0.05, 0) is 25.0 Å². The fourth-order valence-corrected chi connectivity index (χ4v) is 1.26. The molecule has 0 aliphatic heterocycles. The second-order valence-corrected chi connectivity index (χ2v) is 3.25. The normalized spacial score (nSPS) is 9.88. The average Bonchev–Trinajstić information content (AvgIpc) is 2.34. The highest BCUT2D eigenvalue weighted by Crippen LogP contribution is 2.12. The van der Waals surface area contributed by atoms with E-state index in [-0.39, 0.29) is 6.61 Å². The fraction of sp³-hybridized carbons (Fsp3) is 0.455. The Morgan fingerprint density at radius 2 is 2.38 bits per heavy atom. The Labute approximate surface area is 94.5 Å². The van der Waals surface area contributed by atoms with Crippen LogP contribution >= 0.6 is 0 Å². The van der Waals surface area contributed by atoms with E-state index in [1.807, 2.05) is 0 Å². The maximum Gasteiger partial charge on any atom is 0.341 e. The third-order valence-corrected chi connectivity index (χ3v) is 2.09. The van der Waals surface area contributed by atoms with Crippen LogP contribution in [0.2, 0.25) is 0 Å². The number of nitrogens with one attached hydrogen (secondary N) is 1. The molecule has 0 saturated heterocycles. The molecule has 0 fully saturated rings. The fourth-order valence-electron chi connectivity index (χ4n) is 1.26. The van der Waals surface area contributed by atoms with Gasteiger partial charge < -0.3 is 15.2 Å². The van der Waals surface area contributed by atoms with E-state index in [0.717, 1.165) is 12.8 Å². The summed E-state index contributed by atoms with van der Waals surface area (Å²) in [6.45, 7) is 0.843. The lowest BCUT2D eigenvalue weighted by molar-refractivity contribution is 0.0601. The number of ether oxygens (including phenoxy) is 1. The monoisotopic (exact) mass is 224 g/mol. The Kier molecular flexibility index (Phi) is 5.28. The lowest BCUT2D eigenvalue weighted by atomic mass is 10.2. The minimum absolute atomic E-state index is 0.174. The Balaban J connectivity index is 2.60. The number of carbonyl (C=O) groups excluding carboxylic acids is 1. The zero-order valence-corrected chi connectivity index (χ0v) is 9.27. The molecule has 0 aliphatic rings. The van der Waals surface area contributed by atoms with Gasteiger partial charge in [0, 0.05) is 19.3 Å². The Morgan fingerprint density at radius 3 is 3.06 bits per heavy atom. The third-order valence-electron chi connectivity index (χ3n) is 2.09. The van der Waals surface area contributed by atoms with Crippen LogP contribution < -0.4 is 5.32 Å². The molecule has 2 N–H and O–H groups in total. The summed E-state index contributed by atoms with van der Waals surface area (Å²) in [5, 5.41) is 11.7. The molecule has 0 unspecified atom stereocenters. The number of methoxy groups -OCH3 is 1. The van der Waals surface area contributed by atoms with Gasteiger partial charge in [0.15, 0.2) is 0 Å². The molecule has 0 aromatic carbocycles. The molecule has 88 valence electrons. The highest BCUT2D eigenvalue weighted by molar-refractivity contribution is 5.94. The summed E-state index contributed by atoms with van der Waals surface area (Å²) in [7, 11) is 1.34. The van der Waals surface area contributed by atoms with Crippen LogP contribution in [0, 0.1) is 0 Å². The number of aliphatic hydroxyl groups is 1. The molecule has 5 heteroatoms. The maximum atomic E-state index is 11.4. The van der Waals surface area contributed by atoms with Crippen molar-refractivity contribution in [3.05, 3.63) is 23.9 Å². The van der Waals surface area contributed by atoms with Crippen molar-refractivity contribution >= 4 is 11.8 Å². The zero-order chi connectivity index (χ0) is 11.8. The first-order chi connectivity index (χ1) is 7.79. The van der Waals surface area contributed by atoms with Gasteiger partial charge in [-0.1, -0.05) is 0 Å². The number of esters is 1. The smallest absolute Gasteiger partial charge is 0.341 e. The number of hydrogen-bond donors (Lipinski definition) is 2. The van der Waals surface area contributed by atoms with Gasteiger partial charge in [-0.3, -0.25) is 0 Å². The lowest BCUT2D eigenvalue weighted by Crippen LogP contribution is -2.11. The van der Waals surface area contributed by atoms with Crippen molar-refractivity contribution in [3.63, 3.8) is 0 Å².